The van der Waals surface area contributed by atoms with Crippen LogP contribution in [0.2, 0.25) is 0 Å². The van der Waals surface area contributed by atoms with Crippen molar-refractivity contribution >= 4 is 0 Å². The van der Waals surface area contributed by atoms with E-state index < -0.39 is 0 Å². The fraction of sp³-hybridized carbons (Fsp3) is 0.500. The SMILES string of the molecule is Cc1cn[nH]c1[C@@H]1COCCN1Cc1ncc[nH]1. The van der Waals surface area contributed by atoms with Gasteiger partial charge in [-0.15, -0.1) is 0 Å². The molecule has 6 nitrogen and oxygen atoms in total. The normalized spacial score (nSPS) is 21.3. The summed E-state index contributed by atoms with van der Waals surface area (Å²) in [6.07, 6.45) is 5.49. The summed E-state index contributed by atoms with van der Waals surface area (Å²) in [5, 5.41) is 7.18. The summed E-state index contributed by atoms with van der Waals surface area (Å²) < 4.78 is 5.59. The van der Waals surface area contributed by atoms with Crippen LogP contribution in [0.4, 0.5) is 0 Å². The molecule has 0 saturated carbocycles. The Balaban J connectivity index is 1.80. The second-order valence-electron chi connectivity index (χ2n) is 4.56. The molecule has 2 aromatic heterocycles. The summed E-state index contributed by atoms with van der Waals surface area (Å²) in [5.74, 6) is 0.985. The van der Waals surface area contributed by atoms with Crippen molar-refractivity contribution in [2.75, 3.05) is 19.8 Å². The van der Waals surface area contributed by atoms with E-state index in [9.17, 15) is 0 Å². The van der Waals surface area contributed by atoms with Gasteiger partial charge in [-0.3, -0.25) is 10.00 Å². The third-order valence-electron chi connectivity index (χ3n) is 3.35. The van der Waals surface area contributed by atoms with Crippen molar-refractivity contribution in [1.29, 1.82) is 0 Å². The highest BCUT2D eigenvalue weighted by Gasteiger charge is 2.27. The Morgan fingerprint density at radius 2 is 2.50 bits per heavy atom. The summed E-state index contributed by atoms with van der Waals surface area (Å²) in [5.41, 5.74) is 2.32. The van der Waals surface area contributed by atoms with E-state index in [2.05, 4.69) is 32.0 Å². The van der Waals surface area contributed by atoms with Crippen LogP contribution >= 0.6 is 0 Å². The number of morpholine rings is 1. The quantitative estimate of drug-likeness (QED) is 0.849. The lowest BCUT2D eigenvalue weighted by Crippen LogP contribution is -2.39. The number of imidazole rings is 1. The standard InChI is InChI=1S/C12H17N5O/c1-9-6-15-16-12(9)10-8-18-5-4-17(10)7-11-13-2-3-14-11/h2-3,6,10H,4-5,7-8H2,1H3,(H,13,14)(H,15,16)/t10-/m0/s1. The van der Waals surface area contributed by atoms with E-state index in [1.807, 2.05) is 12.4 Å². The molecule has 3 rings (SSSR count). The zero-order valence-corrected chi connectivity index (χ0v) is 10.4. The molecule has 1 aliphatic heterocycles. The van der Waals surface area contributed by atoms with Crippen LogP contribution in [-0.4, -0.2) is 44.8 Å². The van der Waals surface area contributed by atoms with Gasteiger partial charge < -0.3 is 9.72 Å². The zero-order chi connectivity index (χ0) is 12.4. The summed E-state index contributed by atoms with van der Waals surface area (Å²) >= 11 is 0. The van der Waals surface area contributed by atoms with Crippen molar-refractivity contribution < 1.29 is 4.74 Å². The number of nitrogens with zero attached hydrogens (tertiary/aromatic N) is 3. The Labute approximate surface area is 105 Å². The number of ether oxygens (including phenoxy) is 1. The molecule has 0 aliphatic carbocycles. The maximum atomic E-state index is 5.59. The van der Waals surface area contributed by atoms with E-state index in [0.717, 1.165) is 31.2 Å². The highest BCUT2D eigenvalue weighted by Crippen LogP contribution is 2.25. The first kappa shape index (κ1) is 11.4. The van der Waals surface area contributed by atoms with Crippen LogP contribution in [0, 0.1) is 6.92 Å². The first-order valence-corrected chi connectivity index (χ1v) is 6.14. The van der Waals surface area contributed by atoms with Crippen LogP contribution in [0.5, 0.6) is 0 Å². The number of aryl methyl sites for hydroxylation is 1. The molecule has 6 heteroatoms. The Morgan fingerprint density at radius 3 is 3.22 bits per heavy atom. The Morgan fingerprint density at radius 1 is 1.56 bits per heavy atom. The van der Waals surface area contributed by atoms with E-state index in [-0.39, 0.29) is 6.04 Å². The molecule has 1 saturated heterocycles. The molecule has 0 amide bonds. The fourth-order valence-electron chi connectivity index (χ4n) is 2.36. The van der Waals surface area contributed by atoms with Gasteiger partial charge in [0.05, 0.1) is 37.7 Å². The number of aromatic nitrogens is 4. The van der Waals surface area contributed by atoms with Crippen molar-refractivity contribution in [1.82, 2.24) is 25.1 Å². The van der Waals surface area contributed by atoms with Gasteiger partial charge in [-0.25, -0.2) is 4.98 Å². The molecule has 0 unspecified atom stereocenters. The largest absolute Gasteiger partial charge is 0.378 e. The Bertz CT molecular complexity index is 492. The lowest BCUT2D eigenvalue weighted by Gasteiger charge is -2.34. The Kier molecular flexibility index (Phi) is 3.12. The van der Waals surface area contributed by atoms with Crippen LogP contribution in [-0.2, 0) is 11.3 Å². The van der Waals surface area contributed by atoms with Crippen molar-refractivity contribution in [2.45, 2.75) is 19.5 Å². The molecular formula is C12H17N5O. The molecule has 3 heterocycles. The average molecular weight is 247 g/mol. The van der Waals surface area contributed by atoms with Crippen LogP contribution in [0.25, 0.3) is 0 Å². The highest BCUT2D eigenvalue weighted by molar-refractivity contribution is 5.18. The molecule has 2 aromatic rings. The van der Waals surface area contributed by atoms with E-state index in [1.54, 1.807) is 6.20 Å². The molecule has 18 heavy (non-hydrogen) atoms. The minimum Gasteiger partial charge on any atom is -0.378 e. The number of H-pyrrole nitrogens is 2. The van der Waals surface area contributed by atoms with Crippen molar-refractivity contribution in [2.24, 2.45) is 0 Å². The van der Waals surface area contributed by atoms with E-state index in [0.29, 0.717) is 6.61 Å². The van der Waals surface area contributed by atoms with Crippen LogP contribution in [0.15, 0.2) is 18.6 Å². The predicted molar refractivity (Wildman–Crippen MR) is 65.9 cm³/mol. The first-order valence-electron chi connectivity index (χ1n) is 6.14. The molecule has 1 atom stereocenters. The molecule has 0 spiro atoms. The first-order chi connectivity index (χ1) is 8.84. The van der Waals surface area contributed by atoms with Crippen molar-refractivity contribution in [3.05, 3.63) is 35.7 Å². The zero-order valence-electron chi connectivity index (χ0n) is 10.4. The minimum atomic E-state index is 0.228. The van der Waals surface area contributed by atoms with Gasteiger partial charge >= 0.3 is 0 Å². The summed E-state index contributed by atoms with van der Waals surface area (Å²) in [7, 11) is 0. The van der Waals surface area contributed by atoms with E-state index in [4.69, 9.17) is 4.74 Å². The van der Waals surface area contributed by atoms with Crippen molar-refractivity contribution in [3.63, 3.8) is 0 Å². The monoisotopic (exact) mass is 247 g/mol. The molecule has 1 aliphatic rings. The molecular weight excluding hydrogens is 230 g/mol. The maximum Gasteiger partial charge on any atom is 0.120 e. The van der Waals surface area contributed by atoms with E-state index in [1.165, 1.54) is 5.56 Å². The lowest BCUT2D eigenvalue weighted by molar-refractivity contribution is -0.0155. The summed E-state index contributed by atoms with van der Waals surface area (Å²) in [6.45, 7) is 5.25. The van der Waals surface area contributed by atoms with Gasteiger partial charge in [-0.2, -0.15) is 5.10 Å². The smallest absolute Gasteiger partial charge is 0.120 e. The molecule has 2 N–H and O–H groups in total. The van der Waals surface area contributed by atoms with Gasteiger partial charge in [-0.05, 0) is 12.5 Å². The van der Waals surface area contributed by atoms with Crippen LogP contribution in [0.3, 0.4) is 0 Å². The molecule has 0 aromatic carbocycles. The number of rotatable bonds is 3. The number of hydrogen-bond donors (Lipinski definition) is 2. The average Bonchev–Trinajstić information content (AvgIpc) is 3.02. The minimum absolute atomic E-state index is 0.228. The molecule has 0 radical (unpaired) electrons. The number of nitrogens with one attached hydrogen (secondary N) is 2. The summed E-state index contributed by atoms with van der Waals surface area (Å²) in [4.78, 5) is 9.79. The Hall–Kier alpha value is -1.66. The lowest BCUT2D eigenvalue weighted by atomic mass is 10.1. The number of aromatic amines is 2. The van der Waals surface area contributed by atoms with Gasteiger partial charge in [-0.1, -0.05) is 0 Å². The van der Waals surface area contributed by atoms with Crippen LogP contribution < -0.4 is 0 Å². The third kappa shape index (κ3) is 2.16. The van der Waals surface area contributed by atoms with Crippen LogP contribution in [0.1, 0.15) is 23.1 Å². The van der Waals surface area contributed by atoms with Gasteiger partial charge in [0.15, 0.2) is 0 Å². The van der Waals surface area contributed by atoms with Crippen molar-refractivity contribution in [3.8, 4) is 0 Å². The second-order valence-corrected chi connectivity index (χ2v) is 4.56. The molecule has 96 valence electrons. The highest BCUT2D eigenvalue weighted by atomic mass is 16.5. The second kappa shape index (κ2) is 4.91. The summed E-state index contributed by atoms with van der Waals surface area (Å²) in [6, 6.07) is 0.228. The topological polar surface area (TPSA) is 69.8 Å². The predicted octanol–water partition coefficient (Wildman–Crippen LogP) is 1.01. The van der Waals surface area contributed by atoms with Gasteiger partial charge in [0.1, 0.15) is 5.82 Å². The van der Waals surface area contributed by atoms with Gasteiger partial charge in [0, 0.05) is 18.9 Å². The fourth-order valence-corrected chi connectivity index (χ4v) is 2.36. The number of hydrogen-bond acceptors (Lipinski definition) is 4. The van der Waals surface area contributed by atoms with Gasteiger partial charge in [0.25, 0.3) is 0 Å². The third-order valence-corrected chi connectivity index (χ3v) is 3.35. The van der Waals surface area contributed by atoms with Gasteiger partial charge in [0.2, 0.25) is 0 Å². The molecule has 1 fully saturated rings. The molecule has 0 bridgehead atoms. The van der Waals surface area contributed by atoms with E-state index >= 15 is 0 Å². The maximum absolute atomic E-state index is 5.59.